The van der Waals surface area contributed by atoms with Crippen LogP contribution in [0.4, 0.5) is 4.79 Å². The van der Waals surface area contributed by atoms with Crippen LogP contribution in [0.3, 0.4) is 0 Å². The minimum atomic E-state index is -1.46. The van der Waals surface area contributed by atoms with E-state index in [1.165, 1.54) is 0 Å². The van der Waals surface area contributed by atoms with E-state index in [1.54, 1.807) is 72.8 Å². The van der Waals surface area contributed by atoms with Crippen molar-refractivity contribution < 1.29 is 18.8 Å². The number of furan rings is 1. The average Bonchev–Trinajstić information content (AvgIpc) is 3.35. The standard InChI is InChI=1S/C24H17N3O4/c28-21(20-15-16-9-7-8-14-19(16)31-20)26-27-22(29)24(25-23(27)30,17-10-3-1-4-11-17)18-12-5-2-6-13-18/h1-15H,(H,25,30)(H,26,28). The summed E-state index contributed by atoms with van der Waals surface area (Å²) >= 11 is 0. The summed E-state index contributed by atoms with van der Waals surface area (Å²) in [6.07, 6.45) is 0. The van der Waals surface area contributed by atoms with Gasteiger partial charge in [-0.1, -0.05) is 78.9 Å². The molecule has 4 aromatic rings. The zero-order valence-corrected chi connectivity index (χ0v) is 16.2. The quantitative estimate of drug-likeness (QED) is 0.502. The highest BCUT2D eigenvalue weighted by Crippen LogP contribution is 2.35. The molecule has 0 atom stereocenters. The third kappa shape index (κ3) is 2.95. The van der Waals surface area contributed by atoms with E-state index in [2.05, 4.69) is 10.7 Å². The molecule has 1 aromatic heterocycles. The molecular formula is C24H17N3O4. The lowest BCUT2D eigenvalue weighted by atomic mass is 9.83. The predicted octanol–water partition coefficient (Wildman–Crippen LogP) is 3.57. The molecule has 7 nitrogen and oxygen atoms in total. The molecule has 31 heavy (non-hydrogen) atoms. The van der Waals surface area contributed by atoms with E-state index >= 15 is 0 Å². The van der Waals surface area contributed by atoms with E-state index < -0.39 is 23.4 Å². The first-order valence-corrected chi connectivity index (χ1v) is 9.67. The Balaban J connectivity index is 1.52. The number of nitrogens with one attached hydrogen (secondary N) is 2. The molecule has 2 heterocycles. The van der Waals surface area contributed by atoms with Crippen LogP contribution in [0.5, 0.6) is 0 Å². The van der Waals surface area contributed by atoms with Gasteiger partial charge in [0.1, 0.15) is 5.58 Å². The summed E-state index contributed by atoms with van der Waals surface area (Å²) in [6.45, 7) is 0. The van der Waals surface area contributed by atoms with Gasteiger partial charge in [-0.05, 0) is 23.3 Å². The van der Waals surface area contributed by atoms with Crippen LogP contribution in [0.1, 0.15) is 21.7 Å². The molecule has 1 fully saturated rings. The van der Waals surface area contributed by atoms with Gasteiger partial charge >= 0.3 is 11.9 Å². The van der Waals surface area contributed by atoms with E-state index in [0.717, 1.165) is 5.39 Å². The Kier molecular flexibility index (Phi) is 4.29. The molecule has 0 aliphatic carbocycles. The number of para-hydroxylation sites is 1. The summed E-state index contributed by atoms with van der Waals surface area (Å²) < 4.78 is 5.55. The molecule has 0 unspecified atom stereocenters. The van der Waals surface area contributed by atoms with Crippen LogP contribution >= 0.6 is 0 Å². The van der Waals surface area contributed by atoms with Crippen LogP contribution in [-0.2, 0) is 10.3 Å². The SMILES string of the molecule is O=C(NN1C(=O)NC(c2ccccc2)(c2ccccc2)C1=O)c1cc2ccccc2o1. The number of nitrogens with zero attached hydrogens (tertiary/aromatic N) is 1. The Bertz CT molecular complexity index is 1230. The molecular weight excluding hydrogens is 394 g/mol. The topological polar surface area (TPSA) is 91.7 Å². The number of fused-ring (bicyclic) bond motifs is 1. The molecule has 0 saturated carbocycles. The summed E-state index contributed by atoms with van der Waals surface area (Å²) in [6, 6.07) is 25.8. The number of imide groups is 1. The van der Waals surface area contributed by atoms with Gasteiger partial charge in [0.2, 0.25) is 0 Å². The van der Waals surface area contributed by atoms with Crippen molar-refractivity contribution in [1.82, 2.24) is 15.8 Å². The first-order chi connectivity index (χ1) is 15.1. The molecule has 0 spiro atoms. The van der Waals surface area contributed by atoms with Crippen LogP contribution in [0.15, 0.2) is 95.4 Å². The fourth-order valence-corrected chi connectivity index (χ4v) is 3.82. The molecule has 7 heteroatoms. The number of hydrazine groups is 1. The van der Waals surface area contributed by atoms with Crippen molar-refractivity contribution in [3.8, 4) is 0 Å². The van der Waals surface area contributed by atoms with E-state index in [9.17, 15) is 14.4 Å². The van der Waals surface area contributed by atoms with Crippen molar-refractivity contribution in [2.24, 2.45) is 0 Å². The van der Waals surface area contributed by atoms with Crippen LogP contribution in [0.25, 0.3) is 11.0 Å². The molecule has 1 aliphatic rings. The van der Waals surface area contributed by atoms with Gasteiger partial charge in [-0.25, -0.2) is 10.2 Å². The minimum absolute atomic E-state index is 0.00118. The van der Waals surface area contributed by atoms with Gasteiger partial charge in [0, 0.05) is 5.39 Å². The normalized spacial score (nSPS) is 15.2. The summed E-state index contributed by atoms with van der Waals surface area (Å²) in [5, 5.41) is 4.22. The number of carbonyl (C=O) groups is 3. The van der Waals surface area contributed by atoms with E-state index in [0.29, 0.717) is 21.7 Å². The van der Waals surface area contributed by atoms with Crippen molar-refractivity contribution >= 4 is 28.8 Å². The van der Waals surface area contributed by atoms with Gasteiger partial charge in [-0.2, -0.15) is 5.01 Å². The number of rotatable bonds is 4. The molecule has 0 bridgehead atoms. The first-order valence-electron chi connectivity index (χ1n) is 9.67. The fraction of sp³-hybridized carbons (Fsp3) is 0.0417. The van der Waals surface area contributed by atoms with Crippen molar-refractivity contribution in [2.75, 3.05) is 0 Å². The number of hydrogen-bond acceptors (Lipinski definition) is 4. The average molecular weight is 411 g/mol. The first kappa shape index (κ1) is 18.6. The van der Waals surface area contributed by atoms with Crippen molar-refractivity contribution in [3.63, 3.8) is 0 Å². The highest BCUT2D eigenvalue weighted by atomic mass is 16.3. The predicted molar refractivity (Wildman–Crippen MR) is 113 cm³/mol. The summed E-state index contributed by atoms with van der Waals surface area (Å²) in [7, 11) is 0. The maximum absolute atomic E-state index is 13.6. The van der Waals surface area contributed by atoms with Gasteiger partial charge in [-0.15, -0.1) is 0 Å². The molecule has 1 aliphatic heterocycles. The summed E-state index contributed by atoms with van der Waals surface area (Å²) in [5.74, 6) is -1.31. The largest absolute Gasteiger partial charge is 0.451 e. The molecule has 3 aromatic carbocycles. The van der Waals surface area contributed by atoms with E-state index in [1.807, 2.05) is 18.2 Å². The highest BCUT2D eigenvalue weighted by molar-refractivity contribution is 6.11. The van der Waals surface area contributed by atoms with Gasteiger partial charge in [0.25, 0.3) is 5.91 Å². The number of benzene rings is 3. The third-order valence-electron chi connectivity index (χ3n) is 5.30. The second kappa shape index (κ2) is 7.14. The van der Waals surface area contributed by atoms with Gasteiger partial charge in [-0.3, -0.25) is 9.59 Å². The lowest BCUT2D eigenvalue weighted by molar-refractivity contribution is -0.131. The van der Waals surface area contributed by atoms with Gasteiger partial charge in [0.15, 0.2) is 11.3 Å². The Morgan fingerprint density at radius 2 is 1.42 bits per heavy atom. The van der Waals surface area contributed by atoms with Crippen LogP contribution < -0.4 is 10.7 Å². The Morgan fingerprint density at radius 1 is 0.839 bits per heavy atom. The van der Waals surface area contributed by atoms with Crippen LogP contribution in [0, 0.1) is 0 Å². The van der Waals surface area contributed by atoms with Gasteiger partial charge in [0.05, 0.1) is 0 Å². The Morgan fingerprint density at radius 3 is 2.03 bits per heavy atom. The van der Waals surface area contributed by atoms with Crippen molar-refractivity contribution in [3.05, 3.63) is 108 Å². The van der Waals surface area contributed by atoms with Gasteiger partial charge < -0.3 is 9.73 Å². The van der Waals surface area contributed by atoms with Crippen LogP contribution in [0.2, 0.25) is 0 Å². The Labute approximate surface area is 177 Å². The fourth-order valence-electron chi connectivity index (χ4n) is 3.82. The number of hydrogen-bond donors (Lipinski definition) is 2. The zero-order chi connectivity index (χ0) is 21.4. The minimum Gasteiger partial charge on any atom is -0.451 e. The van der Waals surface area contributed by atoms with Crippen LogP contribution in [-0.4, -0.2) is 22.9 Å². The smallest absolute Gasteiger partial charge is 0.344 e. The molecule has 1 saturated heterocycles. The number of carbonyl (C=O) groups excluding carboxylic acids is 3. The maximum atomic E-state index is 13.6. The van der Waals surface area contributed by atoms with E-state index in [4.69, 9.17) is 4.42 Å². The summed E-state index contributed by atoms with van der Waals surface area (Å²) in [5.41, 5.74) is 2.63. The molecule has 0 radical (unpaired) electrons. The molecule has 5 rings (SSSR count). The van der Waals surface area contributed by atoms with Crippen molar-refractivity contribution in [2.45, 2.75) is 5.54 Å². The van der Waals surface area contributed by atoms with Crippen molar-refractivity contribution in [1.29, 1.82) is 0 Å². The lowest BCUT2D eigenvalue weighted by Gasteiger charge is -2.27. The number of amides is 4. The number of urea groups is 1. The second-order valence-corrected chi connectivity index (χ2v) is 7.14. The molecule has 152 valence electrons. The zero-order valence-electron chi connectivity index (χ0n) is 16.2. The summed E-state index contributed by atoms with van der Waals surface area (Å²) in [4.78, 5) is 39.2. The maximum Gasteiger partial charge on any atom is 0.344 e. The Hall–Kier alpha value is -4.39. The molecule has 4 amide bonds. The van der Waals surface area contributed by atoms with E-state index in [-0.39, 0.29) is 5.76 Å². The lowest BCUT2D eigenvalue weighted by Crippen LogP contribution is -2.49. The third-order valence-corrected chi connectivity index (χ3v) is 5.30. The monoisotopic (exact) mass is 411 g/mol. The molecule has 2 N–H and O–H groups in total. The second-order valence-electron chi connectivity index (χ2n) is 7.14. The highest BCUT2D eigenvalue weighted by Gasteiger charge is 2.54.